The van der Waals surface area contributed by atoms with Gasteiger partial charge in [0.1, 0.15) is 5.82 Å². The molecule has 0 N–H and O–H groups in total. The van der Waals surface area contributed by atoms with Crippen molar-refractivity contribution < 1.29 is 4.39 Å². The minimum atomic E-state index is -0.397. The van der Waals surface area contributed by atoms with E-state index in [2.05, 4.69) is 24.8 Å². The van der Waals surface area contributed by atoms with E-state index in [4.69, 9.17) is 0 Å². The summed E-state index contributed by atoms with van der Waals surface area (Å²) in [5, 5.41) is 0. The Balaban J connectivity index is 1.71. The molecular weight excluding hydrogens is 287 g/mol. The molecule has 0 aliphatic carbocycles. The summed E-state index contributed by atoms with van der Waals surface area (Å²) in [4.78, 5) is 0. The van der Waals surface area contributed by atoms with Gasteiger partial charge in [-0.15, -0.1) is 0 Å². The van der Waals surface area contributed by atoms with E-state index in [0.29, 0.717) is 0 Å². The van der Waals surface area contributed by atoms with Crippen LogP contribution >= 0.6 is 0 Å². The lowest BCUT2D eigenvalue weighted by Gasteiger charge is -2.25. The lowest BCUT2D eigenvalue weighted by atomic mass is 10.0. The first-order valence-electron chi connectivity index (χ1n) is 8.71. The Hall–Kier alpha value is -1.33. The van der Waals surface area contributed by atoms with Crippen LogP contribution in [-0.2, 0) is 0 Å². The molecule has 0 aromatic heterocycles. The first-order chi connectivity index (χ1) is 10.8. The van der Waals surface area contributed by atoms with Gasteiger partial charge in [0, 0.05) is 14.4 Å². The van der Waals surface area contributed by atoms with Crippen LogP contribution in [0, 0.1) is 23.6 Å². The molecule has 1 aliphatic heterocycles. The minimum absolute atomic E-state index is 0.207. The van der Waals surface area contributed by atoms with E-state index in [9.17, 15) is 4.39 Å². The summed E-state index contributed by atoms with van der Waals surface area (Å²) in [6.07, 6.45) is 11.3. The summed E-state index contributed by atoms with van der Waals surface area (Å²) < 4.78 is 12.8. The maximum Gasteiger partial charge on any atom is 0.123 e. The average molecular weight is 315 g/mol. The van der Waals surface area contributed by atoms with Crippen molar-refractivity contribution in [1.29, 1.82) is 0 Å². The Labute approximate surface area is 136 Å². The molecule has 0 unspecified atom stereocenters. The van der Waals surface area contributed by atoms with Crippen molar-refractivity contribution in [2.75, 3.05) is 0 Å². The zero-order chi connectivity index (χ0) is 15.6. The fourth-order valence-corrected chi connectivity index (χ4v) is 6.73. The van der Waals surface area contributed by atoms with Crippen molar-refractivity contribution in [2.45, 2.75) is 57.2 Å². The van der Waals surface area contributed by atoms with E-state index in [1.807, 2.05) is 6.08 Å². The topological polar surface area (TPSA) is 0 Å². The highest BCUT2D eigenvalue weighted by Gasteiger charge is 2.19. The normalized spacial score (nSPS) is 21.5. The van der Waals surface area contributed by atoms with Crippen LogP contribution in [0.5, 0.6) is 0 Å². The molecule has 1 aromatic carbocycles. The summed E-state index contributed by atoms with van der Waals surface area (Å²) in [6, 6.07) is 11.0. The molecule has 0 saturated carbocycles. The quantitative estimate of drug-likeness (QED) is 0.379. The molecule has 118 valence electrons. The predicted molar refractivity (Wildman–Crippen MR) is 96.2 cm³/mol. The standard InChI is InChI=1S/C20H27FSi/c1-2-3-6-15-22-16-13-19(14-17-22)8-5-4-7-18-9-11-20(21)12-10-18/h5,8-12,19,22H,2-3,6,13-17H2,1H3/t19-,22-. The van der Waals surface area contributed by atoms with E-state index < -0.39 is 8.80 Å². The first kappa shape index (κ1) is 17.0. The van der Waals surface area contributed by atoms with Gasteiger partial charge in [-0.25, -0.2) is 4.39 Å². The smallest absolute Gasteiger partial charge is 0.123 e. The maximum atomic E-state index is 12.8. The van der Waals surface area contributed by atoms with Crippen LogP contribution in [0.2, 0.25) is 18.1 Å². The van der Waals surface area contributed by atoms with Gasteiger partial charge in [-0.3, -0.25) is 0 Å². The molecule has 0 atom stereocenters. The second-order valence-corrected chi connectivity index (χ2v) is 9.88. The second kappa shape index (κ2) is 9.64. The molecule has 1 heterocycles. The monoisotopic (exact) mass is 314 g/mol. The number of hydrogen-bond acceptors (Lipinski definition) is 0. The highest BCUT2D eigenvalue weighted by atomic mass is 28.3. The third-order valence-corrected chi connectivity index (χ3v) is 8.14. The van der Waals surface area contributed by atoms with E-state index in [0.717, 1.165) is 11.5 Å². The van der Waals surface area contributed by atoms with Gasteiger partial charge in [0.2, 0.25) is 0 Å². The molecular formula is C20H27FSi. The van der Waals surface area contributed by atoms with E-state index >= 15 is 0 Å². The van der Waals surface area contributed by atoms with E-state index in [-0.39, 0.29) is 5.82 Å². The average Bonchev–Trinajstić information content (AvgIpc) is 2.55. The largest absolute Gasteiger partial charge is 0.207 e. The Kier molecular flexibility index (Phi) is 7.46. The van der Waals surface area contributed by atoms with E-state index in [1.165, 1.54) is 56.3 Å². The molecule has 22 heavy (non-hydrogen) atoms. The van der Waals surface area contributed by atoms with Gasteiger partial charge in [0.05, 0.1) is 0 Å². The third-order valence-electron chi connectivity index (χ3n) is 4.62. The molecule has 0 amide bonds. The van der Waals surface area contributed by atoms with Crippen LogP contribution in [0.25, 0.3) is 0 Å². The second-order valence-electron chi connectivity index (χ2n) is 6.41. The number of benzene rings is 1. The summed E-state index contributed by atoms with van der Waals surface area (Å²) in [5.41, 5.74) is 0.873. The number of rotatable bonds is 5. The van der Waals surface area contributed by atoms with Gasteiger partial charge < -0.3 is 0 Å². The molecule has 0 spiro atoms. The van der Waals surface area contributed by atoms with E-state index in [1.54, 1.807) is 18.2 Å². The van der Waals surface area contributed by atoms with Crippen LogP contribution in [0.1, 0.15) is 44.6 Å². The third kappa shape index (κ3) is 6.20. The van der Waals surface area contributed by atoms with Crippen molar-refractivity contribution in [3.8, 4) is 11.8 Å². The van der Waals surface area contributed by atoms with Crippen LogP contribution in [0.4, 0.5) is 4.39 Å². The Bertz CT molecular complexity index is 513. The molecule has 1 aliphatic rings. The Morgan fingerprint density at radius 2 is 1.91 bits per heavy atom. The van der Waals surface area contributed by atoms with Crippen LogP contribution in [-0.4, -0.2) is 8.80 Å². The Morgan fingerprint density at radius 1 is 1.18 bits per heavy atom. The predicted octanol–water partition coefficient (Wildman–Crippen LogP) is 5.56. The van der Waals surface area contributed by atoms with Gasteiger partial charge in [-0.2, -0.15) is 0 Å². The fourth-order valence-electron chi connectivity index (χ4n) is 3.19. The van der Waals surface area contributed by atoms with Crippen molar-refractivity contribution in [3.05, 3.63) is 47.8 Å². The molecule has 0 radical (unpaired) electrons. The molecule has 1 saturated heterocycles. The summed E-state index contributed by atoms with van der Waals surface area (Å²) in [6.45, 7) is 2.29. The number of allylic oxidation sites excluding steroid dienone is 2. The summed E-state index contributed by atoms with van der Waals surface area (Å²) in [7, 11) is -0.397. The fraction of sp³-hybridized carbons (Fsp3) is 0.500. The van der Waals surface area contributed by atoms with Crippen molar-refractivity contribution in [3.63, 3.8) is 0 Å². The molecule has 0 nitrogen and oxygen atoms in total. The minimum Gasteiger partial charge on any atom is -0.207 e. The molecule has 1 fully saturated rings. The zero-order valence-corrected chi connectivity index (χ0v) is 14.8. The van der Waals surface area contributed by atoms with Crippen LogP contribution in [0.15, 0.2) is 36.4 Å². The van der Waals surface area contributed by atoms with Gasteiger partial charge in [0.25, 0.3) is 0 Å². The van der Waals surface area contributed by atoms with Gasteiger partial charge in [0.15, 0.2) is 0 Å². The van der Waals surface area contributed by atoms with Crippen molar-refractivity contribution in [1.82, 2.24) is 0 Å². The highest BCUT2D eigenvalue weighted by Crippen LogP contribution is 2.28. The summed E-state index contributed by atoms with van der Waals surface area (Å²) in [5.74, 6) is 6.67. The first-order valence-corrected chi connectivity index (χ1v) is 11.2. The van der Waals surface area contributed by atoms with Crippen molar-refractivity contribution in [2.24, 2.45) is 5.92 Å². The molecule has 2 rings (SSSR count). The number of halogens is 1. The molecule has 2 heteroatoms. The number of unbranched alkanes of at least 4 members (excludes halogenated alkanes) is 2. The lowest BCUT2D eigenvalue weighted by Crippen LogP contribution is -2.20. The molecule has 1 aromatic rings. The van der Waals surface area contributed by atoms with Gasteiger partial charge in [-0.1, -0.05) is 62.2 Å². The van der Waals surface area contributed by atoms with Crippen LogP contribution < -0.4 is 0 Å². The van der Waals surface area contributed by atoms with Gasteiger partial charge in [-0.05, 0) is 49.1 Å². The Morgan fingerprint density at radius 3 is 2.59 bits per heavy atom. The summed E-state index contributed by atoms with van der Waals surface area (Å²) >= 11 is 0. The number of hydrogen-bond donors (Lipinski definition) is 0. The van der Waals surface area contributed by atoms with Gasteiger partial charge >= 0.3 is 0 Å². The van der Waals surface area contributed by atoms with Crippen LogP contribution in [0.3, 0.4) is 0 Å². The highest BCUT2D eigenvalue weighted by molar-refractivity contribution is 6.58. The maximum absolute atomic E-state index is 12.8. The molecule has 0 bridgehead atoms. The lowest BCUT2D eigenvalue weighted by molar-refractivity contribution is 0.571. The SMILES string of the molecule is CCCCC[Si@H]1CC[C@H](C=CC#Cc2ccc(F)cc2)CC1. The zero-order valence-electron chi connectivity index (χ0n) is 13.7. The van der Waals surface area contributed by atoms with Crippen molar-refractivity contribution >= 4 is 8.80 Å².